The fourth-order valence-electron chi connectivity index (χ4n) is 2.35. The summed E-state index contributed by atoms with van der Waals surface area (Å²) in [6.45, 7) is 0.884. The molecule has 0 saturated heterocycles. The molecule has 1 aromatic heterocycles. The van der Waals surface area contributed by atoms with Crippen molar-refractivity contribution in [1.82, 2.24) is 4.98 Å². The van der Waals surface area contributed by atoms with Gasteiger partial charge in [0.15, 0.2) is 0 Å². The number of aromatic nitrogens is 1. The highest BCUT2D eigenvalue weighted by Crippen LogP contribution is 2.29. The lowest BCUT2D eigenvalue weighted by Gasteiger charge is -2.06. The molecule has 0 aliphatic rings. The Kier molecular flexibility index (Phi) is 6.49. The van der Waals surface area contributed by atoms with Crippen LogP contribution in [0.25, 0.3) is 21.8 Å². The summed E-state index contributed by atoms with van der Waals surface area (Å²) < 4.78 is 10.1. The molecule has 1 amide bonds. The van der Waals surface area contributed by atoms with E-state index in [0.29, 0.717) is 13.2 Å². The molecule has 0 spiro atoms. The molecule has 3 aromatic rings. The van der Waals surface area contributed by atoms with Crippen LogP contribution >= 0.6 is 11.3 Å². The molecule has 1 heterocycles. The Morgan fingerprint density at radius 1 is 1.04 bits per heavy atom. The molecule has 0 fully saturated rings. The summed E-state index contributed by atoms with van der Waals surface area (Å²) in [4.78, 5) is 16.5. The van der Waals surface area contributed by atoms with Gasteiger partial charge in [0.25, 0.3) is 0 Å². The smallest absolute Gasteiger partial charge is 0.250 e. The minimum Gasteiger partial charge on any atom is -0.382 e. The number of benzene rings is 2. The third-order valence-corrected chi connectivity index (χ3v) is 4.55. The summed E-state index contributed by atoms with van der Waals surface area (Å²) in [6.07, 6.45) is 0. The van der Waals surface area contributed by atoms with E-state index in [0.717, 1.165) is 27.5 Å². The Morgan fingerprint density at radius 2 is 1.81 bits per heavy atom. The number of ether oxygens (including phenoxy) is 2. The summed E-state index contributed by atoms with van der Waals surface area (Å²) in [5.41, 5.74) is 3.78. The van der Waals surface area contributed by atoms with Crippen molar-refractivity contribution in [2.75, 3.05) is 32.2 Å². The monoisotopic (exact) mass is 368 g/mol. The van der Waals surface area contributed by atoms with E-state index in [1.54, 1.807) is 18.4 Å². The van der Waals surface area contributed by atoms with Crippen molar-refractivity contribution in [3.05, 3.63) is 60.0 Å². The molecule has 134 valence electrons. The van der Waals surface area contributed by atoms with Crippen molar-refractivity contribution in [3.8, 4) is 21.8 Å². The quantitative estimate of drug-likeness (QED) is 0.609. The second-order valence-corrected chi connectivity index (χ2v) is 6.43. The maximum atomic E-state index is 11.8. The molecule has 0 saturated carbocycles. The van der Waals surface area contributed by atoms with Crippen LogP contribution in [0.2, 0.25) is 0 Å². The Balaban J connectivity index is 1.59. The second-order valence-electron chi connectivity index (χ2n) is 5.57. The van der Waals surface area contributed by atoms with E-state index < -0.39 is 0 Å². The topological polar surface area (TPSA) is 60.5 Å². The van der Waals surface area contributed by atoms with Gasteiger partial charge in [-0.2, -0.15) is 0 Å². The highest BCUT2D eigenvalue weighted by molar-refractivity contribution is 7.13. The maximum absolute atomic E-state index is 11.8. The zero-order chi connectivity index (χ0) is 18.2. The predicted molar refractivity (Wildman–Crippen MR) is 104 cm³/mol. The van der Waals surface area contributed by atoms with Crippen LogP contribution in [0.4, 0.5) is 5.69 Å². The lowest BCUT2D eigenvalue weighted by atomic mass is 10.1. The fraction of sp³-hybridized carbons (Fsp3) is 0.200. The van der Waals surface area contributed by atoms with Gasteiger partial charge in [-0.25, -0.2) is 4.98 Å². The van der Waals surface area contributed by atoms with Gasteiger partial charge in [0.1, 0.15) is 11.6 Å². The van der Waals surface area contributed by atoms with Crippen molar-refractivity contribution in [3.63, 3.8) is 0 Å². The van der Waals surface area contributed by atoms with E-state index in [2.05, 4.69) is 17.4 Å². The molecular formula is C20H20N2O3S. The zero-order valence-electron chi connectivity index (χ0n) is 14.5. The van der Waals surface area contributed by atoms with Gasteiger partial charge in [-0.15, -0.1) is 11.3 Å². The van der Waals surface area contributed by atoms with Gasteiger partial charge in [0.2, 0.25) is 5.91 Å². The molecule has 0 aliphatic heterocycles. The third-order valence-electron chi connectivity index (χ3n) is 3.65. The summed E-state index contributed by atoms with van der Waals surface area (Å²) in [6, 6.07) is 17.7. The Hall–Kier alpha value is -2.54. The van der Waals surface area contributed by atoms with Gasteiger partial charge in [-0.05, 0) is 12.1 Å². The van der Waals surface area contributed by atoms with Crippen LogP contribution < -0.4 is 5.32 Å². The van der Waals surface area contributed by atoms with Crippen molar-refractivity contribution >= 4 is 22.9 Å². The molecule has 0 atom stereocenters. The number of hydrogen-bond donors (Lipinski definition) is 1. The van der Waals surface area contributed by atoms with Crippen LogP contribution in [0.15, 0.2) is 60.0 Å². The highest BCUT2D eigenvalue weighted by Gasteiger charge is 2.07. The summed E-state index contributed by atoms with van der Waals surface area (Å²) >= 11 is 1.62. The van der Waals surface area contributed by atoms with E-state index in [1.165, 1.54) is 0 Å². The van der Waals surface area contributed by atoms with E-state index in [4.69, 9.17) is 14.5 Å². The third kappa shape index (κ3) is 4.98. The van der Waals surface area contributed by atoms with Crippen LogP contribution in [0.1, 0.15) is 0 Å². The number of nitrogens with zero attached hydrogens (tertiary/aromatic N) is 1. The predicted octanol–water partition coefficient (Wildman–Crippen LogP) is 4.08. The van der Waals surface area contributed by atoms with Crippen LogP contribution in [0, 0.1) is 0 Å². The molecule has 5 nitrogen and oxygen atoms in total. The van der Waals surface area contributed by atoms with Gasteiger partial charge < -0.3 is 14.8 Å². The molecule has 26 heavy (non-hydrogen) atoms. The van der Waals surface area contributed by atoms with E-state index >= 15 is 0 Å². The Labute approximate surface area is 156 Å². The molecular weight excluding hydrogens is 348 g/mol. The number of methoxy groups -OCH3 is 1. The first kappa shape index (κ1) is 18.3. The van der Waals surface area contributed by atoms with E-state index in [-0.39, 0.29) is 12.5 Å². The van der Waals surface area contributed by atoms with Crippen LogP contribution in [-0.2, 0) is 14.3 Å². The molecule has 0 unspecified atom stereocenters. The number of amides is 1. The van der Waals surface area contributed by atoms with Crippen LogP contribution in [0.5, 0.6) is 0 Å². The number of carbonyl (C=O) groups excluding carboxylic acids is 1. The first-order valence-corrected chi connectivity index (χ1v) is 9.12. The second kappa shape index (κ2) is 9.24. The Morgan fingerprint density at radius 3 is 2.54 bits per heavy atom. The molecule has 0 radical (unpaired) electrons. The molecule has 1 N–H and O–H groups in total. The standard InChI is InChI=1S/C20H20N2O3S/c1-24-11-12-25-13-19(23)21-17-9-7-15(8-10-17)18-14-26-20(22-18)16-5-3-2-4-6-16/h2-10,14H,11-13H2,1H3,(H,21,23). The number of hydrogen-bond acceptors (Lipinski definition) is 5. The van der Waals surface area contributed by atoms with Gasteiger partial charge in [0.05, 0.1) is 18.9 Å². The Bertz CT molecular complexity index is 832. The minimum atomic E-state index is -0.186. The highest BCUT2D eigenvalue weighted by atomic mass is 32.1. The number of thiazole rings is 1. The van der Waals surface area contributed by atoms with Crippen molar-refractivity contribution in [2.45, 2.75) is 0 Å². The number of anilines is 1. The molecule has 3 rings (SSSR count). The zero-order valence-corrected chi connectivity index (χ0v) is 15.3. The number of carbonyl (C=O) groups is 1. The van der Waals surface area contributed by atoms with E-state index in [9.17, 15) is 4.79 Å². The molecule has 0 aliphatic carbocycles. The first-order valence-electron chi connectivity index (χ1n) is 8.24. The largest absolute Gasteiger partial charge is 0.382 e. The number of rotatable bonds is 8. The van der Waals surface area contributed by atoms with Crippen molar-refractivity contribution < 1.29 is 14.3 Å². The fourth-order valence-corrected chi connectivity index (χ4v) is 3.18. The van der Waals surface area contributed by atoms with E-state index in [1.807, 2.05) is 47.8 Å². The summed E-state index contributed by atoms with van der Waals surface area (Å²) in [5.74, 6) is -0.186. The molecule has 0 bridgehead atoms. The minimum absolute atomic E-state index is 0.0115. The SMILES string of the molecule is COCCOCC(=O)Nc1ccc(-c2csc(-c3ccccc3)n2)cc1. The lowest BCUT2D eigenvalue weighted by Crippen LogP contribution is -2.19. The van der Waals surface area contributed by atoms with Gasteiger partial charge in [-0.1, -0.05) is 42.5 Å². The maximum Gasteiger partial charge on any atom is 0.250 e. The molecule has 6 heteroatoms. The van der Waals surface area contributed by atoms with Gasteiger partial charge in [-0.3, -0.25) is 4.79 Å². The van der Waals surface area contributed by atoms with Crippen LogP contribution in [-0.4, -0.2) is 37.8 Å². The molecule has 2 aromatic carbocycles. The van der Waals surface area contributed by atoms with Crippen LogP contribution in [0.3, 0.4) is 0 Å². The average Bonchev–Trinajstić information content (AvgIpc) is 3.17. The summed E-state index contributed by atoms with van der Waals surface area (Å²) in [7, 11) is 1.59. The van der Waals surface area contributed by atoms with Gasteiger partial charge in [0, 0.05) is 29.3 Å². The lowest BCUT2D eigenvalue weighted by molar-refractivity contribution is -0.121. The average molecular weight is 368 g/mol. The first-order chi connectivity index (χ1) is 12.8. The normalized spacial score (nSPS) is 10.7. The van der Waals surface area contributed by atoms with Crippen molar-refractivity contribution in [2.24, 2.45) is 0 Å². The van der Waals surface area contributed by atoms with Gasteiger partial charge >= 0.3 is 0 Å². The van der Waals surface area contributed by atoms with Crippen molar-refractivity contribution in [1.29, 1.82) is 0 Å². The summed E-state index contributed by atoms with van der Waals surface area (Å²) in [5, 5.41) is 5.84. The number of nitrogens with one attached hydrogen (secondary N) is 1.